The van der Waals surface area contributed by atoms with Crippen LogP contribution < -0.4 is 173 Å². The molecule has 2 unspecified atom stereocenters. The number of carbonyl (C=O) groups excluding carboxylic acids is 5. The molecule has 10 aliphatic rings. The van der Waals surface area contributed by atoms with Crippen molar-refractivity contribution in [2.75, 3.05) is 149 Å². The molecule has 26 nitrogen and oxygen atoms in total. The Bertz CT molecular complexity index is 5450. The van der Waals surface area contributed by atoms with Crippen LogP contribution in [-0.4, -0.2) is 223 Å². The first kappa shape index (κ1) is 136. The molecule has 4 atom stereocenters. The number of aliphatic hydroxyl groups excluding tert-OH is 1. The van der Waals surface area contributed by atoms with Crippen molar-refractivity contribution < 1.29 is 242 Å². The molecule has 798 valence electrons. The summed E-state index contributed by atoms with van der Waals surface area (Å²) < 4.78 is 56.9. The van der Waals surface area contributed by atoms with Crippen molar-refractivity contribution in [2.24, 2.45) is 5.92 Å². The number of nitrogens with zero attached hydrogens (tertiary/aromatic N) is 6. The second-order valence-electron chi connectivity index (χ2n) is 37.1. The number of aryl methyl sites for hydroxylation is 1. The quantitative estimate of drug-likeness (QED) is 0.0106. The molecule has 2 aliphatic carbocycles. The van der Waals surface area contributed by atoms with E-state index in [0.717, 1.165) is 271 Å². The van der Waals surface area contributed by atoms with Gasteiger partial charge in [-0.2, -0.15) is 5.10 Å². The van der Waals surface area contributed by atoms with Crippen molar-refractivity contribution in [1.82, 2.24) is 15.5 Å². The Morgan fingerprint density at radius 1 is 0.592 bits per heavy atom. The predicted octanol–water partition coefficient (Wildman–Crippen LogP) is 15.8. The average molecular weight is 2650 g/mol. The first-order chi connectivity index (χ1) is 69.2. The third-order valence-electron chi connectivity index (χ3n) is 26.5. The Morgan fingerprint density at radius 3 is 1.24 bits per heavy atom. The second-order valence-corrected chi connectivity index (χ2v) is 45.1. The standard InChI is InChI=1S/C15H20ClNO2.C15H22ClNO.C14H18ClNO2.C14H20ClNO2.C12H14ClNO.C10H12N2O2.C8H10O2S.C7H6BrCl.C7H13NO2.C3H5O.CH2O3.BrH.2Cs.H2P2S.Zn.H/c1-11(18)10-15(19)6-8-17(9-7-15)14-5-3-4-13(16)12(14)2;1-3-7-15(18)8-10-17(11-9-15)14-6-4-5-13(16)12(14)2;1-11-12(15)3-2-4-13(11)16-7-5-14(6-8-16)17-9-10-18-14;1-11-12(15)3-2-4-13(11)16-8-5-14(18,6-9-16)7-10-17;1-9-11(13)3-2-4-12(9)14-7-5-10(15)6-8-14;1-2-14-10(13)9-8-6-3-5(6)4-7(8)11-12-9;1-7-3-5-8(6-4-7)11(2,9)10;1-5-6(8)3-2-4-7(5)9;1-3-8-4-2-7(1)9-5-6-10-7;1-3(2)4;2-1-4-3;;;;1-2-3;;/h3-5,19H,6-10H2,1-2H3;4-6,18H,3,7-11H2,1-2H3;2-4H,5-10H2,1H3;2-4,17-18H,5-10H2,1H3;2-4H,5-8H2,1H3;5-6H,2-4H2,1H3,(H,11,12);3-6H,1-2H3;2-4H,1H3;8H,1-6H2;1H2,2H3;1,3H;1H;;;1H2;;/q;;;;;;;;;-1;;;2*+1;;+2;-1/p-1/t;;;;;5-,6-;;;;;;;;;;;/m.....1.........../s1/i/hT. The SMILES string of the molecule is C1CC2(CCN1)OCCO2.CC(=O)CC1(O)CCN(c2cccc(Cl)c2C)CC1.CCCC1(O)CCN(c2cccc(Cl)c2C)CC1.CCOC(=O)c1n[nH]c2c1[C@@H]1C[C@@H]1C2.Cc1c(Cl)cccc1Br.Cc1c(Cl)cccc1N1CCC(=O)CC1.Cc1c(Cl)cccc1N1CCC(O)(CCO)CC1.Cc1c(Cl)cccc1N1CCC2(CC1)OCCO2.Cc1ccc(S(C)(=O)=O)cc1.O=CO[O-].[3H][P+](P)=S.[CH2-]C(C)=O.[Cs+].[Cs+].[H-].[Zn+][Br]. The number of hydrogen-bond acceptors (Lipinski definition) is 26. The Kier molecular flexibility index (Phi) is 65.2. The number of esters is 1. The van der Waals surface area contributed by atoms with Gasteiger partial charge in [0.1, 0.15) is 11.6 Å². The van der Waals surface area contributed by atoms with Gasteiger partial charge < -0.3 is 97.2 Å². The van der Waals surface area contributed by atoms with Crippen molar-refractivity contribution >= 4 is 195 Å². The van der Waals surface area contributed by atoms with E-state index in [0.29, 0.717) is 73.8 Å². The van der Waals surface area contributed by atoms with E-state index in [9.17, 15) is 42.9 Å². The van der Waals surface area contributed by atoms with Crippen molar-refractivity contribution in [1.29, 1.82) is 1.28 Å². The monoisotopic (exact) mass is 2640 g/mol. The Balaban J connectivity index is 0.000000425. The number of aromatic amines is 1. The van der Waals surface area contributed by atoms with Crippen LogP contribution in [0.25, 0.3) is 0 Å². The summed E-state index contributed by atoms with van der Waals surface area (Å²) in [5.41, 5.74) is 14.4. The van der Waals surface area contributed by atoms with Crippen LogP contribution in [0.15, 0.2) is 143 Å². The number of hydrogen-bond donors (Lipinski definition) is 6. The number of Topliss-reactive ketones (excluding diaryl/α,β-unsaturated/α-hetero) is 3. The number of sulfone groups is 1. The van der Waals surface area contributed by atoms with E-state index in [4.69, 9.17) is 110 Å². The molecule has 0 bridgehead atoms. The van der Waals surface area contributed by atoms with Gasteiger partial charge in [0.15, 0.2) is 45.9 Å². The molecule has 9 fully saturated rings. The number of ether oxygens (including phenoxy) is 5. The number of H-pyrrole nitrogens is 1. The van der Waals surface area contributed by atoms with Crippen LogP contribution in [0.5, 0.6) is 0 Å². The number of rotatable bonds is 15. The fraction of sp³-hybridized carbons (Fsp3) is 0.519. The molecule has 1 saturated carbocycles. The van der Waals surface area contributed by atoms with Gasteiger partial charge in [0.25, 0.3) is 6.47 Å². The summed E-state index contributed by atoms with van der Waals surface area (Å²) >= 11 is 48.4. The third-order valence-corrected chi connectivity index (χ3v) is 30.9. The molecule has 2 spiro atoms. The Hall–Kier alpha value is -1.50. The number of anilines is 5. The van der Waals surface area contributed by atoms with E-state index in [1.807, 2.05) is 120 Å². The molecule has 7 aromatic carbocycles. The number of fused-ring (bicyclic) bond motifs is 3. The molecule has 1 aromatic heterocycles. The molecule has 147 heavy (non-hydrogen) atoms. The fourth-order valence-corrected chi connectivity index (χ4v) is 20.3. The topological polar surface area (TPSA) is 336 Å². The van der Waals surface area contributed by atoms with Crippen molar-refractivity contribution in [3.8, 4) is 0 Å². The third kappa shape index (κ3) is 46.0. The van der Waals surface area contributed by atoms with Crippen molar-refractivity contribution in [3.63, 3.8) is 0 Å². The number of ketones is 3. The summed E-state index contributed by atoms with van der Waals surface area (Å²) in [6, 6.07) is 42.4. The molecule has 0 radical (unpaired) electrons. The minimum atomic E-state index is -3.02. The normalized spacial score (nSPS) is 18.3. The molecule has 8 aliphatic heterocycles. The number of aliphatic hydroxyl groups is 4. The van der Waals surface area contributed by atoms with E-state index in [1.54, 1.807) is 24.3 Å². The Morgan fingerprint density at radius 2 is 0.918 bits per heavy atom. The minimum absolute atomic E-state index is 0. The Labute approximate surface area is 1060 Å². The molecule has 9 heterocycles. The number of benzene rings is 7. The zero-order valence-corrected chi connectivity index (χ0v) is 114. The van der Waals surface area contributed by atoms with Crippen LogP contribution in [0.2, 0.25) is 30.1 Å². The molecule has 8 aromatic rings. The summed E-state index contributed by atoms with van der Waals surface area (Å²) in [6.45, 7) is 37.0. The summed E-state index contributed by atoms with van der Waals surface area (Å²) in [5.74, 6) is 0.919. The number of halogens is 8. The maximum absolute atomic E-state index is 11.5. The fourth-order valence-electron chi connectivity index (χ4n) is 18.2. The zero-order chi connectivity index (χ0) is 108. The summed E-state index contributed by atoms with van der Waals surface area (Å²) in [6.07, 6.45) is 15.7. The summed E-state index contributed by atoms with van der Waals surface area (Å²) in [5, 5.41) is 63.5. The first-order valence-electron chi connectivity index (χ1n) is 49.2. The number of aromatic nitrogens is 2. The van der Waals surface area contributed by atoms with Gasteiger partial charge in [-0.05, 0) is 269 Å². The summed E-state index contributed by atoms with van der Waals surface area (Å²) in [7, 11) is -0.816. The maximum atomic E-state index is 11.5. The van der Waals surface area contributed by atoms with Crippen molar-refractivity contribution in [2.45, 2.75) is 231 Å². The van der Waals surface area contributed by atoms with Gasteiger partial charge >= 0.3 is 175 Å². The van der Waals surface area contributed by atoms with E-state index < -0.39 is 33.6 Å². The zero-order valence-electron chi connectivity index (χ0n) is 89.4. The van der Waals surface area contributed by atoms with Gasteiger partial charge in [-0.15, -0.1) is 0 Å². The van der Waals surface area contributed by atoms with Crippen molar-refractivity contribution in [3.05, 3.63) is 231 Å². The molecular weight excluding hydrogens is 2500 g/mol. The molecule has 18 rings (SSSR count). The average Bonchev–Trinajstić information content (AvgIpc) is 1.57. The molecular formula is C106H145Br2Cl6Cs2N8O18P2S2Zn+. The number of carbonyl (C=O) groups is 5. The first-order valence-corrected chi connectivity index (χ1v) is 64.2. The van der Waals surface area contributed by atoms with Gasteiger partial charge in [-0.25, -0.2) is 13.2 Å². The van der Waals surface area contributed by atoms with Crippen LogP contribution in [0.1, 0.15) is 205 Å². The van der Waals surface area contributed by atoms with Gasteiger partial charge in [0.05, 0.1) is 63.7 Å². The molecule has 8 saturated heterocycles. The number of piperidine rings is 6. The van der Waals surface area contributed by atoms with Crippen LogP contribution in [0.3, 0.4) is 0 Å². The van der Waals surface area contributed by atoms with Gasteiger partial charge in [-0.1, -0.05) is 153 Å². The molecule has 41 heteroatoms. The van der Waals surface area contributed by atoms with Gasteiger partial charge in [0.2, 0.25) is 0 Å². The number of nitrogens with one attached hydrogen (secondary N) is 2. The van der Waals surface area contributed by atoms with E-state index in [-0.39, 0.29) is 188 Å². The molecule has 0 amide bonds. The van der Waals surface area contributed by atoms with Crippen LogP contribution in [0, 0.1) is 61.3 Å². The van der Waals surface area contributed by atoms with Crippen LogP contribution >= 0.6 is 115 Å². The van der Waals surface area contributed by atoms with Gasteiger partial charge in [0, 0.05) is 211 Å². The van der Waals surface area contributed by atoms with Crippen LogP contribution in [-0.2, 0) is 92.2 Å². The second kappa shape index (κ2) is 70.5. The van der Waals surface area contributed by atoms with Crippen LogP contribution in [0.4, 0.5) is 28.4 Å². The van der Waals surface area contributed by atoms with E-state index >= 15 is 0 Å². The van der Waals surface area contributed by atoms with E-state index in [1.165, 1.54) is 54.2 Å². The molecule has 6 N–H and O–H groups in total. The predicted molar refractivity (Wildman–Crippen MR) is 597 cm³/mol. The van der Waals surface area contributed by atoms with E-state index in [2.05, 4.69) is 153 Å². The van der Waals surface area contributed by atoms with Gasteiger partial charge in [-0.3, -0.25) is 19.5 Å². The summed E-state index contributed by atoms with van der Waals surface area (Å²) in [4.78, 5) is 66.2.